The fourth-order valence-electron chi connectivity index (χ4n) is 5.47. The van der Waals surface area contributed by atoms with E-state index in [0.29, 0.717) is 24.3 Å². The molecule has 41 heavy (non-hydrogen) atoms. The molecule has 0 spiro atoms. The molecule has 0 fully saturated rings. The van der Waals surface area contributed by atoms with Gasteiger partial charge < -0.3 is 14.0 Å². The molecule has 0 N–H and O–H groups in total. The van der Waals surface area contributed by atoms with Crippen molar-refractivity contribution in [1.29, 1.82) is 0 Å². The normalized spacial score (nSPS) is 11.4. The van der Waals surface area contributed by atoms with Crippen LogP contribution in [-0.2, 0) is 16.0 Å². The maximum Gasteiger partial charge on any atom is 0.339 e. The van der Waals surface area contributed by atoms with E-state index in [0.717, 1.165) is 44.9 Å². The zero-order chi connectivity index (χ0) is 28.8. The lowest BCUT2D eigenvalue weighted by atomic mass is 10.0. The number of carbonyl (C=O) groups is 2. The Hall–Kier alpha value is -3.42. The highest BCUT2D eigenvalue weighted by Crippen LogP contribution is 2.39. The van der Waals surface area contributed by atoms with Crippen molar-refractivity contribution in [2.75, 3.05) is 13.2 Å². The number of esters is 2. The minimum atomic E-state index is -0.283. The minimum absolute atomic E-state index is 0.283. The predicted octanol–water partition coefficient (Wildman–Crippen LogP) is 9.97. The molecule has 0 aliphatic heterocycles. The van der Waals surface area contributed by atoms with Gasteiger partial charge in [0.15, 0.2) is 0 Å². The van der Waals surface area contributed by atoms with Gasteiger partial charge in [0.25, 0.3) is 0 Å². The van der Waals surface area contributed by atoms with Crippen LogP contribution in [0.15, 0.2) is 59.3 Å². The lowest BCUT2D eigenvalue weighted by molar-refractivity contribution is 0.0518. The largest absolute Gasteiger partial charge is 0.462 e. The molecule has 5 aromatic rings. The van der Waals surface area contributed by atoms with Gasteiger partial charge in [-0.2, -0.15) is 0 Å². The number of hydrogen-bond donors (Lipinski definition) is 0. The summed E-state index contributed by atoms with van der Waals surface area (Å²) in [5.74, 6) is -0.566. The van der Waals surface area contributed by atoms with Crippen LogP contribution in [0.25, 0.3) is 42.7 Å². The fourth-order valence-corrected chi connectivity index (χ4v) is 7.24. The van der Waals surface area contributed by atoms with Crippen LogP contribution in [0.1, 0.15) is 80.0 Å². The Morgan fingerprint density at radius 1 is 0.659 bits per heavy atom. The van der Waals surface area contributed by atoms with E-state index in [1.165, 1.54) is 42.9 Å². The average molecular weight is 588 g/mol. The lowest BCUT2D eigenvalue weighted by Crippen LogP contribution is -2.04. The van der Waals surface area contributed by atoms with Gasteiger partial charge in [-0.1, -0.05) is 63.3 Å². The SMILES string of the molecule is CCCCCCCCn1c2cc(-c3sccc3C(=O)OCC)ccc2c2ccc(-c3sccc3C(=O)OCC)cc21. The Bertz CT molecular complexity index is 1540. The maximum atomic E-state index is 12.6. The number of unbranched alkanes of at least 4 members (excludes halogenated alkanes) is 5. The molecule has 7 heteroatoms. The second-order valence-electron chi connectivity index (χ2n) is 10.2. The summed E-state index contributed by atoms with van der Waals surface area (Å²) < 4.78 is 13.1. The molecular formula is C34H37NO4S2. The number of rotatable bonds is 13. The van der Waals surface area contributed by atoms with Gasteiger partial charge in [0.1, 0.15) is 0 Å². The van der Waals surface area contributed by atoms with Gasteiger partial charge in [-0.05, 0) is 66.4 Å². The van der Waals surface area contributed by atoms with Crippen LogP contribution < -0.4 is 0 Å². The molecule has 5 rings (SSSR count). The molecule has 0 bridgehead atoms. The Kier molecular flexibility index (Phi) is 9.57. The number of thiophene rings is 2. The van der Waals surface area contributed by atoms with Crippen molar-refractivity contribution in [3.05, 3.63) is 70.4 Å². The number of hydrogen-bond acceptors (Lipinski definition) is 6. The van der Waals surface area contributed by atoms with Gasteiger partial charge in [-0.25, -0.2) is 9.59 Å². The van der Waals surface area contributed by atoms with E-state index in [4.69, 9.17) is 9.47 Å². The summed E-state index contributed by atoms with van der Waals surface area (Å²) in [6, 6.07) is 16.7. The predicted molar refractivity (Wildman–Crippen MR) is 171 cm³/mol. The van der Waals surface area contributed by atoms with Crippen molar-refractivity contribution in [3.63, 3.8) is 0 Å². The van der Waals surface area contributed by atoms with Gasteiger partial charge in [-0.3, -0.25) is 0 Å². The van der Waals surface area contributed by atoms with E-state index in [1.54, 1.807) is 22.7 Å². The number of aromatic nitrogens is 1. The van der Waals surface area contributed by atoms with Crippen molar-refractivity contribution < 1.29 is 19.1 Å². The number of aryl methyl sites for hydroxylation is 1. The highest BCUT2D eigenvalue weighted by atomic mass is 32.1. The molecule has 0 radical (unpaired) electrons. The average Bonchev–Trinajstić information content (AvgIpc) is 3.73. The van der Waals surface area contributed by atoms with Crippen molar-refractivity contribution in [2.24, 2.45) is 0 Å². The van der Waals surface area contributed by atoms with Crippen molar-refractivity contribution in [2.45, 2.75) is 65.8 Å². The third-order valence-corrected chi connectivity index (χ3v) is 9.37. The molecule has 0 unspecified atom stereocenters. The first-order valence-electron chi connectivity index (χ1n) is 14.6. The van der Waals surface area contributed by atoms with E-state index < -0.39 is 0 Å². The number of nitrogens with zero attached hydrogens (tertiary/aromatic N) is 1. The number of ether oxygens (including phenoxy) is 2. The van der Waals surface area contributed by atoms with Crippen LogP contribution in [0.5, 0.6) is 0 Å². The summed E-state index contributed by atoms with van der Waals surface area (Å²) in [6.45, 7) is 7.51. The smallest absolute Gasteiger partial charge is 0.339 e. The van der Waals surface area contributed by atoms with E-state index >= 15 is 0 Å². The molecule has 0 saturated carbocycles. The zero-order valence-corrected chi connectivity index (χ0v) is 25.7. The molecule has 0 amide bonds. The number of carbonyl (C=O) groups excluding carboxylic acids is 2. The van der Waals surface area contributed by atoms with Gasteiger partial charge in [0, 0.05) is 38.1 Å². The molecule has 2 aromatic carbocycles. The second-order valence-corrected chi connectivity index (χ2v) is 12.0. The molecule has 0 aliphatic rings. The van der Waals surface area contributed by atoms with E-state index in [1.807, 2.05) is 36.7 Å². The third-order valence-electron chi connectivity index (χ3n) is 7.45. The molecular weight excluding hydrogens is 551 g/mol. The first-order chi connectivity index (χ1) is 20.1. The maximum absolute atomic E-state index is 12.6. The molecule has 214 valence electrons. The second kappa shape index (κ2) is 13.5. The molecule has 5 nitrogen and oxygen atoms in total. The highest BCUT2D eigenvalue weighted by Gasteiger charge is 2.20. The Morgan fingerprint density at radius 2 is 1.15 bits per heavy atom. The van der Waals surface area contributed by atoms with Crippen LogP contribution in [0, 0.1) is 0 Å². The van der Waals surface area contributed by atoms with E-state index in [-0.39, 0.29) is 11.9 Å². The highest BCUT2D eigenvalue weighted by molar-refractivity contribution is 7.14. The van der Waals surface area contributed by atoms with Gasteiger partial charge in [-0.15, -0.1) is 22.7 Å². The van der Waals surface area contributed by atoms with Crippen LogP contribution >= 0.6 is 22.7 Å². The Morgan fingerprint density at radius 3 is 1.63 bits per heavy atom. The molecule has 3 aromatic heterocycles. The van der Waals surface area contributed by atoms with Crippen LogP contribution in [0.4, 0.5) is 0 Å². The summed E-state index contributed by atoms with van der Waals surface area (Å²) >= 11 is 3.13. The zero-order valence-electron chi connectivity index (χ0n) is 24.0. The van der Waals surface area contributed by atoms with Crippen molar-refractivity contribution in [3.8, 4) is 20.9 Å². The van der Waals surface area contributed by atoms with Crippen molar-refractivity contribution >= 4 is 56.4 Å². The fraction of sp³-hybridized carbons (Fsp3) is 0.353. The third kappa shape index (κ3) is 6.11. The summed E-state index contributed by atoms with van der Waals surface area (Å²) in [6.07, 6.45) is 7.34. The molecule has 3 heterocycles. The first kappa shape index (κ1) is 29.1. The van der Waals surface area contributed by atoms with Crippen LogP contribution in [-0.4, -0.2) is 29.7 Å². The summed E-state index contributed by atoms with van der Waals surface area (Å²) in [5, 5.41) is 6.28. The van der Waals surface area contributed by atoms with Crippen LogP contribution in [0.2, 0.25) is 0 Å². The van der Waals surface area contributed by atoms with Gasteiger partial charge in [0.05, 0.1) is 24.3 Å². The topological polar surface area (TPSA) is 57.5 Å². The lowest BCUT2D eigenvalue weighted by Gasteiger charge is -2.10. The number of fused-ring (bicyclic) bond motifs is 3. The molecule has 0 atom stereocenters. The van der Waals surface area contributed by atoms with E-state index in [9.17, 15) is 9.59 Å². The summed E-state index contributed by atoms with van der Waals surface area (Å²) in [5.41, 5.74) is 5.57. The Balaban J connectivity index is 1.59. The molecule has 0 saturated heterocycles. The minimum Gasteiger partial charge on any atom is -0.462 e. The number of benzene rings is 2. The van der Waals surface area contributed by atoms with Gasteiger partial charge in [0.2, 0.25) is 0 Å². The standard InChI is InChI=1S/C34H37NO4S2/c1-4-7-8-9-10-11-18-35-29-21-23(31-27(16-19-40-31)33(36)38-5-2)12-14-25(29)26-15-13-24(22-30(26)35)32-28(17-20-41-32)34(37)39-6-3/h12-17,19-22H,4-11,18H2,1-3H3. The summed E-state index contributed by atoms with van der Waals surface area (Å²) in [7, 11) is 0. The summed E-state index contributed by atoms with van der Waals surface area (Å²) in [4.78, 5) is 27.1. The Labute approximate surface area is 249 Å². The quantitative estimate of drug-likeness (QED) is 0.102. The van der Waals surface area contributed by atoms with Gasteiger partial charge >= 0.3 is 11.9 Å². The van der Waals surface area contributed by atoms with Crippen molar-refractivity contribution in [1.82, 2.24) is 4.57 Å². The first-order valence-corrected chi connectivity index (χ1v) is 16.4. The monoisotopic (exact) mass is 587 g/mol. The van der Waals surface area contributed by atoms with Crippen LogP contribution in [0.3, 0.4) is 0 Å². The van der Waals surface area contributed by atoms with E-state index in [2.05, 4.69) is 47.9 Å². The molecule has 0 aliphatic carbocycles.